The molecule has 1 amide bonds. The molecular formula is C11H20F3N3O. The monoisotopic (exact) mass is 267 g/mol. The molecule has 1 unspecified atom stereocenters. The van der Waals surface area contributed by atoms with Gasteiger partial charge in [0.2, 0.25) is 0 Å². The molecule has 7 heteroatoms. The van der Waals surface area contributed by atoms with Crippen LogP contribution in [0.3, 0.4) is 0 Å². The van der Waals surface area contributed by atoms with Crippen molar-refractivity contribution in [2.45, 2.75) is 38.9 Å². The zero-order valence-corrected chi connectivity index (χ0v) is 10.6. The number of piperidine rings is 1. The Morgan fingerprint density at radius 2 is 1.83 bits per heavy atom. The number of nitrogens with one attached hydrogen (secondary N) is 1. The first-order valence-electron chi connectivity index (χ1n) is 6.08. The van der Waals surface area contributed by atoms with E-state index in [1.807, 2.05) is 13.8 Å². The van der Waals surface area contributed by atoms with Crippen molar-refractivity contribution >= 4 is 5.91 Å². The first-order chi connectivity index (χ1) is 8.27. The molecule has 0 radical (unpaired) electrons. The third-order valence-corrected chi connectivity index (χ3v) is 3.43. The molecule has 3 N–H and O–H groups in total. The van der Waals surface area contributed by atoms with Crippen LogP contribution >= 0.6 is 0 Å². The minimum Gasteiger partial charge on any atom is -0.293 e. The fourth-order valence-electron chi connectivity index (χ4n) is 2.48. The van der Waals surface area contributed by atoms with Crippen molar-refractivity contribution in [3.05, 3.63) is 0 Å². The van der Waals surface area contributed by atoms with E-state index in [2.05, 4.69) is 5.43 Å². The Bertz CT molecular complexity index is 286. The molecule has 18 heavy (non-hydrogen) atoms. The Hall–Kier alpha value is -0.820. The molecular weight excluding hydrogens is 247 g/mol. The molecule has 0 saturated carbocycles. The predicted molar refractivity (Wildman–Crippen MR) is 61.3 cm³/mol. The number of halogens is 3. The van der Waals surface area contributed by atoms with Gasteiger partial charge in [-0.3, -0.25) is 15.1 Å². The average molecular weight is 267 g/mol. The van der Waals surface area contributed by atoms with E-state index < -0.39 is 18.1 Å². The molecule has 1 aliphatic heterocycles. The molecule has 0 aromatic carbocycles. The quantitative estimate of drug-likeness (QED) is 0.460. The van der Waals surface area contributed by atoms with Crippen LogP contribution in [0.15, 0.2) is 0 Å². The summed E-state index contributed by atoms with van der Waals surface area (Å²) in [6.07, 6.45) is -4.04. The van der Waals surface area contributed by atoms with Crippen LogP contribution in [0.5, 0.6) is 0 Å². The number of hydrogen-bond donors (Lipinski definition) is 2. The van der Waals surface area contributed by atoms with Gasteiger partial charge in [-0.05, 0) is 31.8 Å². The maximum absolute atomic E-state index is 12.5. The third-order valence-electron chi connectivity index (χ3n) is 3.43. The van der Waals surface area contributed by atoms with Crippen LogP contribution in [0.1, 0.15) is 26.7 Å². The summed E-state index contributed by atoms with van der Waals surface area (Å²) in [5.74, 6) is 3.53. The summed E-state index contributed by atoms with van der Waals surface area (Å²) < 4.78 is 37.6. The zero-order valence-electron chi connectivity index (χ0n) is 10.6. The van der Waals surface area contributed by atoms with Gasteiger partial charge in [0, 0.05) is 0 Å². The Morgan fingerprint density at radius 1 is 1.33 bits per heavy atom. The summed E-state index contributed by atoms with van der Waals surface area (Å²) >= 11 is 0. The van der Waals surface area contributed by atoms with Crippen LogP contribution in [0.2, 0.25) is 0 Å². The Balaban J connectivity index is 2.62. The van der Waals surface area contributed by atoms with Gasteiger partial charge in [0.1, 0.15) is 0 Å². The summed E-state index contributed by atoms with van der Waals surface area (Å²) in [5.41, 5.74) is 2.08. The molecule has 0 aliphatic carbocycles. The maximum atomic E-state index is 12.5. The average Bonchev–Trinajstić information content (AvgIpc) is 2.28. The second-order valence-electron chi connectivity index (χ2n) is 5.05. The fourth-order valence-corrected chi connectivity index (χ4v) is 2.48. The van der Waals surface area contributed by atoms with Gasteiger partial charge in [0.25, 0.3) is 5.91 Å². The first-order valence-corrected chi connectivity index (χ1v) is 6.08. The van der Waals surface area contributed by atoms with Crippen molar-refractivity contribution in [2.75, 3.05) is 13.1 Å². The molecule has 0 aromatic rings. The highest BCUT2D eigenvalue weighted by Gasteiger charge is 2.42. The molecule has 0 aromatic heterocycles. The molecule has 106 valence electrons. The summed E-state index contributed by atoms with van der Waals surface area (Å²) in [4.78, 5) is 13.4. The zero-order chi connectivity index (χ0) is 13.9. The number of likely N-dealkylation sites (tertiary alicyclic amines) is 1. The van der Waals surface area contributed by atoms with Crippen LogP contribution in [-0.4, -0.2) is 36.1 Å². The number of hydrogen-bond acceptors (Lipinski definition) is 3. The number of rotatable bonds is 3. The number of hydrazine groups is 1. The van der Waals surface area contributed by atoms with Gasteiger partial charge in [-0.25, -0.2) is 5.84 Å². The Morgan fingerprint density at radius 3 is 2.17 bits per heavy atom. The summed E-state index contributed by atoms with van der Waals surface area (Å²) in [6.45, 7) is 4.27. The highest BCUT2D eigenvalue weighted by Crippen LogP contribution is 2.35. The number of alkyl halides is 3. The third kappa shape index (κ3) is 3.58. The van der Waals surface area contributed by atoms with Crippen molar-refractivity contribution in [1.82, 2.24) is 10.3 Å². The van der Waals surface area contributed by atoms with E-state index in [4.69, 9.17) is 5.84 Å². The molecule has 0 bridgehead atoms. The van der Waals surface area contributed by atoms with Crippen molar-refractivity contribution in [3.63, 3.8) is 0 Å². The smallest absolute Gasteiger partial charge is 0.293 e. The standard InChI is InChI=1S/C11H20F3N3O/c1-7(2)9(10(18)16-15)17-5-3-8(4-6-17)11(12,13)14/h7-9H,3-6,15H2,1-2H3,(H,16,18). The lowest BCUT2D eigenvalue weighted by Crippen LogP contribution is -2.54. The number of carbonyl (C=O) groups is 1. The predicted octanol–water partition coefficient (Wildman–Crippen LogP) is 1.28. The van der Waals surface area contributed by atoms with Gasteiger partial charge in [0.15, 0.2) is 0 Å². The van der Waals surface area contributed by atoms with Gasteiger partial charge in [0.05, 0.1) is 12.0 Å². The molecule has 1 heterocycles. The molecule has 1 aliphatic rings. The molecule has 1 saturated heterocycles. The molecule has 4 nitrogen and oxygen atoms in total. The van der Waals surface area contributed by atoms with Crippen molar-refractivity contribution in [3.8, 4) is 0 Å². The second kappa shape index (κ2) is 5.88. The van der Waals surface area contributed by atoms with Crippen LogP contribution in [-0.2, 0) is 4.79 Å². The van der Waals surface area contributed by atoms with E-state index >= 15 is 0 Å². The number of nitrogens with two attached hydrogens (primary N) is 1. The van der Waals surface area contributed by atoms with Gasteiger partial charge >= 0.3 is 6.18 Å². The van der Waals surface area contributed by atoms with Gasteiger partial charge in [-0.2, -0.15) is 13.2 Å². The largest absolute Gasteiger partial charge is 0.391 e. The summed E-state index contributed by atoms with van der Waals surface area (Å²) in [7, 11) is 0. The van der Waals surface area contributed by atoms with Crippen LogP contribution in [0, 0.1) is 11.8 Å². The van der Waals surface area contributed by atoms with Crippen LogP contribution < -0.4 is 11.3 Å². The maximum Gasteiger partial charge on any atom is 0.391 e. The van der Waals surface area contributed by atoms with E-state index in [-0.39, 0.29) is 37.8 Å². The molecule has 1 fully saturated rings. The number of carbonyl (C=O) groups excluding carboxylic acids is 1. The van der Waals surface area contributed by atoms with Gasteiger partial charge in [-0.1, -0.05) is 13.8 Å². The highest BCUT2D eigenvalue weighted by molar-refractivity contribution is 5.81. The Kier molecular flexibility index (Phi) is 4.98. The lowest BCUT2D eigenvalue weighted by molar-refractivity contribution is -0.186. The van der Waals surface area contributed by atoms with E-state index in [0.717, 1.165) is 0 Å². The van der Waals surface area contributed by atoms with E-state index in [1.54, 1.807) is 4.90 Å². The minimum atomic E-state index is -4.13. The van der Waals surface area contributed by atoms with E-state index in [9.17, 15) is 18.0 Å². The van der Waals surface area contributed by atoms with E-state index in [0.29, 0.717) is 0 Å². The van der Waals surface area contributed by atoms with Crippen molar-refractivity contribution < 1.29 is 18.0 Å². The number of amides is 1. The normalized spacial score (nSPS) is 21.1. The van der Waals surface area contributed by atoms with Crippen LogP contribution in [0.25, 0.3) is 0 Å². The molecule has 1 rings (SSSR count). The van der Waals surface area contributed by atoms with Crippen LogP contribution in [0.4, 0.5) is 13.2 Å². The number of nitrogens with zero attached hydrogens (tertiary/aromatic N) is 1. The summed E-state index contributed by atoms with van der Waals surface area (Å²) in [5, 5.41) is 0. The van der Waals surface area contributed by atoms with Gasteiger partial charge < -0.3 is 0 Å². The second-order valence-corrected chi connectivity index (χ2v) is 5.05. The summed E-state index contributed by atoms with van der Waals surface area (Å²) in [6, 6.07) is -0.454. The SMILES string of the molecule is CC(C)C(C(=O)NN)N1CCC(C(F)(F)F)CC1. The topological polar surface area (TPSA) is 58.4 Å². The first kappa shape index (κ1) is 15.2. The highest BCUT2D eigenvalue weighted by atomic mass is 19.4. The molecule has 1 atom stereocenters. The van der Waals surface area contributed by atoms with E-state index in [1.165, 1.54) is 0 Å². The molecule has 0 spiro atoms. The lowest BCUT2D eigenvalue weighted by Gasteiger charge is -2.38. The Labute approximate surface area is 105 Å². The minimum absolute atomic E-state index is 0.0102. The lowest BCUT2D eigenvalue weighted by atomic mass is 9.92. The van der Waals surface area contributed by atoms with Crippen molar-refractivity contribution in [2.24, 2.45) is 17.7 Å². The van der Waals surface area contributed by atoms with Gasteiger partial charge in [-0.15, -0.1) is 0 Å². The fraction of sp³-hybridized carbons (Fsp3) is 0.909. The van der Waals surface area contributed by atoms with Crippen molar-refractivity contribution in [1.29, 1.82) is 0 Å².